The largest absolute Gasteiger partial charge is 0.466 e. The Bertz CT molecular complexity index is 636. The lowest BCUT2D eigenvalue weighted by atomic mass is 10.2. The summed E-state index contributed by atoms with van der Waals surface area (Å²) in [6, 6.07) is 0. The highest BCUT2D eigenvalue weighted by molar-refractivity contribution is 6.01. The lowest BCUT2D eigenvalue weighted by Crippen LogP contribution is -2.42. The van der Waals surface area contributed by atoms with Crippen LogP contribution in [0.25, 0.3) is 0 Å². The zero-order valence-electron chi connectivity index (χ0n) is 16.8. The van der Waals surface area contributed by atoms with Crippen LogP contribution in [0.2, 0.25) is 0 Å². The molecule has 0 atom stereocenters. The number of carbonyl (C=O) groups excluding carboxylic acids is 3. The second-order valence-electron chi connectivity index (χ2n) is 6.99. The number of esters is 1. The van der Waals surface area contributed by atoms with Crippen LogP contribution in [0.3, 0.4) is 0 Å². The minimum absolute atomic E-state index is 0.140. The minimum Gasteiger partial charge on any atom is -0.466 e. The Morgan fingerprint density at radius 3 is 2.56 bits per heavy atom. The molecular weight excluding hydrogens is 352 g/mol. The van der Waals surface area contributed by atoms with Crippen molar-refractivity contribution in [1.82, 2.24) is 19.8 Å². The summed E-state index contributed by atoms with van der Waals surface area (Å²) in [6.45, 7) is 8.26. The van der Waals surface area contributed by atoms with E-state index in [0.29, 0.717) is 19.5 Å². The van der Waals surface area contributed by atoms with Crippen LogP contribution in [0, 0.1) is 0 Å². The fraction of sp³-hybridized carbons (Fsp3) is 0.667. The van der Waals surface area contributed by atoms with Crippen molar-refractivity contribution < 1.29 is 23.9 Å². The predicted molar refractivity (Wildman–Crippen MR) is 98.7 cm³/mol. The van der Waals surface area contributed by atoms with E-state index in [-0.39, 0.29) is 13.2 Å². The minimum atomic E-state index is -0.763. The van der Waals surface area contributed by atoms with Crippen LogP contribution >= 0.6 is 0 Å². The molecule has 0 bridgehead atoms. The molecule has 0 fully saturated rings. The van der Waals surface area contributed by atoms with Gasteiger partial charge in [0.15, 0.2) is 0 Å². The average Bonchev–Trinajstić information content (AvgIpc) is 2.94. The third kappa shape index (κ3) is 8.67. The number of nitrogens with zero attached hydrogens (tertiary/aromatic N) is 3. The first-order valence-electron chi connectivity index (χ1n) is 9.00. The Morgan fingerprint density at radius 2 is 2.00 bits per heavy atom. The first kappa shape index (κ1) is 22.6. The molecule has 152 valence electrons. The van der Waals surface area contributed by atoms with Crippen molar-refractivity contribution in [3.05, 3.63) is 18.2 Å². The highest BCUT2D eigenvalue weighted by Gasteiger charge is 2.28. The van der Waals surface area contributed by atoms with E-state index in [9.17, 15) is 14.4 Å². The number of amides is 2. The van der Waals surface area contributed by atoms with Gasteiger partial charge in [0.25, 0.3) is 0 Å². The average molecular weight is 382 g/mol. The zero-order chi connectivity index (χ0) is 20.4. The molecule has 1 rings (SSSR count). The predicted octanol–water partition coefficient (Wildman–Crippen LogP) is 1.62. The number of hydrogen-bond acceptors (Lipinski definition) is 7. The van der Waals surface area contributed by atoms with Crippen LogP contribution in [-0.2, 0) is 32.7 Å². The summed E-state index contributed by atoms with van der Waals surface area (Å²) in [5.74, 6) is -0.409. The summed E-state index contributed by atoms with van der Waals surface area (Å²) in [5, 5.41) is 3.21. The number of nitrogens with one attached hydrogen (secondary N) is 1. The van der Waals surface area contributed by atoms with Gasteiger partial charge in [0.1, 0.15) is 17.8 Å². The molecular formula is C18H30N4O5. The molecule has 9 heteroatoms. The fourth-order valence-electron chi connectivity index (χ4n) is 2.19. The van der Waals surface area contributed by atoms with Crippen molar-refractivity contribution in [3.63, 3.8) is 0 Å². The van der Waals surface area contributed by atoms with E-state index < -0.39 is 30.0 Å². The monoisotopic (exact) mass is 382 g/mol. The number of imide groups is 1. The van der Waals surface area contributed by atoms with Gasteiger partial charge in [-0.3, -0.25) is 9.59 Å². The second kappa shape index (κ2) is 10.7. The highest BCUT2D eigenvalue weighted by atomic mass is 16.6. The number of aromatic nitrogens is 2. The number of rotatable bonds is 9. The molecule has 2 amide bonds. The van der Waals surface area contributed by atoms with Gasteiger partial charge in [-0.15, -0.1) is 0 Å². The maximum absolute atomic E-state index is 12.3. The number of carbonyl (C=O) groups is 3. The quantitative estimate of drug-likeness (QED) is 0.393. The van der Waals surface area contributed by atoms with Gasteiger partial charge in [-0.1, -0.05) is 0 Å². The van der Waals surface area contributed by atoms with Crippen LogP contribution in [0.15, 0.2) is 12.4 Å². The van der Waals surface area contributed by atoms with Crippen molar-refractivity contribution >= 4 is 18.0 Å². The number of hydrogen-bond donors (Lipinski definition) is 1. The molecule has 0 saturated carbocycles. The number of imidazole rings is 1. The van der Waals surface area contributed by atoms with Crippen molar-refractivity contribution in [2.45, 2.75) is 52.7 Å². The summed E-state index contributed by atoms with van der Waals surface area (Å²) < 4.78 is 12.0. The van der Waals surface area contributed by atoms with E-state index in [4.69, 9.17) is 9.47 Å². The molecule has 0 aliphatic carbocycles. The molecule has 0 radical (unpaired) electrons. The molecule has 1 aromatic rings. The first-order chi connectivity index (χ1) is 12.6. The Kier molecular flexibility index (Phi) is 8.93. The van der Waals surface area contributed by atoms with Crippen molar-refractivity contribution in [2.75, 3.05) is 19.7 Å². The molecule has 0 saturated heterocycles. The molecule has 0 aromatic carbocycles. The second-order valence-corrected chi connectivity index (χ2v) is 6.99. The maximum Gasteiger partial charge on any atom is 0.417 e. The Balaban J connectivity index is 2.56. The zero-order valence-corrected chi connectivity index (χ0v) is 16.8. The molecule has 0 aliphatic heterocycles. The molecule has 1 heterocycles. The standard InChI is InChI=1S/C18H30N4O5/c1-6-26-16(24)12-15(23)22(17(25)27-18(2,3)4)10-7-8-19-13-14-20-9-11-21(14)5/h9,11,19H,6-8,10,12-13H2,1-5H3. The van der Waals surface area contributed by atoms with Gasteiger partial charge in [0, 0.05) is 26.0 Å². The normalized spacial score (nSPS) is 11.1. The van der Waals surface area contributed by atoms with Crippen LogP contribution < -0.4 is 5.32 Å². The summed E-state index contributed by atoms with van der Waals surface area (Å²) in [7, 11) is 1.91. The van der Waals surface area contributed by atoms with Crippen molar-refractivity contribution in [1.29, 1.82) is 0 Å². The van der Waals surface area contributed by atoms with Gasteiger partial charge in [-0.05, 0) is 40.7 Å². The third-order valence-electron chi connectivity index (χ3n) is 3.46. The van der Waals surface area contributed by atoms with Gasteiger partial charge in [0.05, 0.1) is 13.2 Å². The summed E-state index contributed by atoms with van der Waals surface area (Å²) in [5.41, 5.74) is -0.740. The first-order valence-corrected chi connectivity index (χ1v) is 9.00. The van der Waals surface area contributed by atoms with Crippen LogP contribution in [0.4, 0.5) is 4.79 Å². The van der Waals surface area contributed by atoms with Gasteiger partial charge >= 0.3 is 12.1 Å². The van der Waals surface area contributed by atoms with E-state index in [1.165, 1.54) is 0 Å². The molecule has 0 aliphatic rings. The van der Waals surface area contributed by atoms with Crippen LogP contribution in [0.1, 0.15) is 46.4 Å². The van der Waals surface area contributed by atoms with E-state index in [0.717, 1.165) is 10.7 Å². The lowest BCUT2D eigenvalue weighted by Gasteiger charge is -2.26. The van der Waals surface area contributed by atoms with E-state index in [1.54, 1.807) is 33.9 Å². The topological polar surface area (TPSA) is 103 Å². The third-order valence-corrected chi connectivity index (χ3v) is 3.46. The Labute approximate surface area is 160 Å². The van der Waals surface area contributed by atoms with Crippen LogP contribution in [0.5, 0.6) is 0 Å². The number of aryl methyl sites for hydroxylation is 1. The SMILES string of the molecule is CCOC(=O)CC(=O)N(CCCNCc1nccn1C)C(=O)OC(C)(C)C. The summed E-state index contributed by atoms with van der Waals surface area (Å²) in [4.78, 5) is 41.4. The maximum atomic E-state index is 12.3. The number of ether oxygens (including phenoxy) is 2. The van der Waals surface area contributed by atoms with E-state index >= 15 is 0 Å². The summed E-state index contributed by atoms with van der Waals surface area (Å²) in [6.07, 6.45) is 2.83. The van der Waals surface area contributed by atoms with Crippen molar-refractivity contribution in [3.8, 4) is 0 Å². The fourth-order valence-corrected chi connectivity index (χ4v) is 2.19. The Morgan fingerprint density at radius 1 is 1.30 bits per heavy atom. The highest BCUT2D eigenvalue weighted by Crippen LogP contribution is 2.11. The molecule has 0 spiro atoms. The van der Waals surface area contributed by atoms with Crippen LogP contribution in [-0.4, -0.2) is 57.7 Å². The van der Waals surface area contributed by atoms with Crippen molar-refractivity contribution in [2.24, 2.45) is 7.05 Å². The smallest absolute Gasteiger partial charge is 0.417 e. The van der Waals surface area contributed by atoms with E-state index in [2.05, 4.69) is 10.3 Å². The van der Waals surface area contributed by atoms with Gasteiger partial charge < -0.3 is 19.4 Å². The lowest BCUT2D eigenvalue weighted by molar-refractivity contribution is -0.148. The van der Waals surface area contributed by atoms with Gasteiger partial charge in [-0.2, -0.15) is 0 Å². The van der Waals surface area contributed by atoms with Gasteiger partial charge in [-0.25, -0.2) is 14.7 Å². The van der Waals surface area contributed by atoms with Gasteiger partial charge in [0.2, 0.25) is 5.91 Å². The molecule has 9 nitrogen and oxygen atoms in total. The molecule has 0 unspecified atom stereocenters. The summed E-state index contributed by atoms with van der Waals surface area (Å²) >= 11 is 0. The molecule has 1 aromatic heterocycles. The molecule has 1 N–H and O–H groups in total. The Hall–Kier alpha value is -2.42. The molecule has 27 heavy (non-hydrogen) atoms. The van der Waals surface area contributed by atoms with E-state index in [1.807, 2.05) is 17.8 Å².